The van der Waals surface area contributed by atoms with E-state index in [-0.39, 0.29) is 10.7 Å². The molecule has 0 bridgehead atoms. The van der Waals surface area contributed by atoms with E-state index in [2.05, 4.69) is 21.2 Å². The number of hydrogen-bond acceptors (Lipinski definition) is 5. The monoisotopic (exact) mass is 474 g/mol. The number of nitrogens with zero attached hydrogens (tertiary/aromatic N) is 1. The van der Waals surface area contributed by atoms with E-state index >= 15 is 0 Å². The van der Waals surface area contributed by atoms with Crippen molar-refractivity contribution in [2.45, 2.75) is 13.8 Å². The molecule has 2 aromatic rings. The van der Waals surface area contributed by atoms with Crippen LogP contribution in [0.5, 0.6) is 11.5 Å². The summed E-state index contributed by atoms with van der Waals surface area (Å²) in [6.07, 6.45) is 1.50. The normalized spacial score (nSPS) is 15.6. The molecule has 0 radical (unpaired) electrons. The molecule has 0 unspecified atom stereocenters. The van der Waals surface area contributed by atoms with Crippen LogP contribution in [-0.4, -0.2) is 31.1 Å². The Bertz CT molecular complexity index is 1060. The van der Waals surface area contributed by atoms with Crippen LogP contribution in [0.2, 0.25) is 0 Å². The lowest BCUT2D eigenvalue weighted by Crippen LogP contribution is -2.54. The van der Waals surface area contributed by atoms with Gasteiger partial charge in [-0.1, -0.05) is 33.6 Å². The molecule has 0 atom stereocenters. The third-order valence-corrected chi connectivity index (χ3v) is 5.47. The van der Waals surface area contributed by atoms with E-state index in [4.69, 9.17) is 21.7 Å². The molecule has 1 aliphatic rings. The Morgan fingerprint density at radius 1 is 1.07 bits per heavy atom. The Kier molecular flexibility index (Phi) is 6.04. The predicted molar refractivity (Wildman–Crippen MR) is 119 cm³/mol. The summed E-state index contributed by atoms with van der Waals surface area (Å²) in [5, 5.41) is 2.65. The molecule has 1 N–H and O–H groups in total. The van der Waals surface area contributed by atoms with Crippen molar-refractivity contribution in [2.24, 2.45) is 0 Å². The fourth-order valence-electron chi connectivity index (χ4n) is 3.07. The Labute approximate surface area is 182 Å². The minimum atomic E-state index is -0.553. The van der Waals surface area contributed by atoms with Gasteiger partial charge < -0.3 is 9.47 Å². The van der Waals surface area contributed by atoms with Crippen molar-refractivity contribution >= 4 is 56.8 Å². The Balaban J connectivity index is 2.08. The van der Waals surface area contributed by atoms with Gasteiger partial charge in [0, 0.05) is 4.47 Å². The van der Waals surface area contributed by atoms with Crippen LogP contribution in [0.4, 0.5) is 5.69 Å². The number of amides is 2. The number of halogens is 1. The largest absolute Gasteiger partial charge is 0.493 e. The van der Waals surface area contributed by atoms with Crippen molar-refractivity contribution in [3.63, 3.8) is 0 Å². The Morgan fingerprint density at radius 2 is 1.72 bits per heavy atom. The van der Waals surface area contributed by atoms with E-state index in [9.17, 15) is 9.59 Å². The molecule has 0 saturated carbocycles. The molecule has 3 rings (SSSR count). The van der Waals surface area contributed by atoms with E-state index in [0.717, 1.165) is 11.1 Å². The van der Waals surface area contributed by atoms with Crippen LogP contribution >= 0.6 is 28.1 Å². The second-order valence-electron chi connectivity index (χ2n) is 6.48. The summed E-state index contributed by atoms with van der Waals surface area (Å²) in [5.41, 5.74) is 3.13. The molecule has 2 amide bonds. The average molecular weight is 475 g/mol. The molecule has 0 aliphatic carbocycles. The van der Waals surface area contributed by atoms with E-state index in [1.807, 2.05) is 32.0 Å². The second kappa shape index (κ2) is 8.34. The van der Waals surface area contributed by atoms with Gasteiger partial charge >= 0.3 is 0 Å². The van der Waals surface area contributed by atoms with Crippen molar-refractivity contribution < 1.29 is 19.1 Å². The number of carbonyl (C=O) groups is 2. The van der Waals surface area contributed by atoms with E-state index in [1.54, 1.807) is 12.1 Å². The molecule has 6 nitrogen and oxygen atoms in total. The van der Waals surface area contributed by atoms with E-state index in [1.165, 1.54) is 25.2 Å². The fraction of sp³-hybridized carbons (Fsp3) is 0.190. The zero-order valence-electron chi connectivity index (χ0n) is 16.3. The van der Waals surface area contributed by atoms with Gasteiger partial charge in [-0.25, -0.2) is 0 Å². The SMILES string of the molecule is COc1cc(Br)c(/C=C2\C(=O)NC(=S)N(c3ccc(C)cc3C)C2=O)cc1OC. The average Bonchev–Trinajstić information content (AvgIpc) is 2.67. The van der Waals surface area contributed by atoms with E-state index in [0.29, 0.717) is 27.2 Å². The summed E-state index contributed by atoms with van der Waals surface area (Å²) in [6, 6.07) is 9.06. The molecule has 1 saturated heterocycles. The van der Waals surface area contributed by atoms with Crippen LogP contribution < -0.4 is 19.7 Å². The first-order chi connectivity index (χ1) is 13.8. The van der Waals surface area contributed by atoms with Crippen LogP contribution in [0.1, 0.15) is 16.7 Å². The zero-order valence-corrected chi connectivity index (χ0v) is 18.7. The molecule has 1 aliphatic heterocycles. The summed E-state index contributed by atoms with van der Waals surface area (Å²) in [4.78, 5) is 27.1. The third kappa shape index (κ3) is 4.04. The van der Waals surface area contributed by atoms with Gasteiger partial charge in [0.2, 0.25) is 0 Å². The van der Waals surface area contributed by atoms with E-state index < -0.39 is 11.8 Å². The molecule has 0 aromatic heterocycles. The molecule has 2 aromatic carbocycles. The Morgan fingerprint density at radius 3 is 2.34 bits per heavy atom. The molecule has 150 valence electrons. The molecule has 8 heteroatoms. The molecule has 0 spiro atoms. The second-order valence-corrected chi connectivity index (χ2v) is 7.72. The van der Waals surface area contributed by atoms with Crippen molar-refractivity contribution in [3.8, 4) is 11.5 Å². The minimum Gasteiger partial charge on any atom is -0.493 e. The lowest BCUT2D eigenvalue weighted by Gasteiger charge is -2.30. The number of benzene rings is 2. The van der Waals surface area contributed by atoms with Crippen molar-refractivity contribution in [1.29, 1.82) is 0 Å². The van der Waals surface area contributed by atoms with Crippen molar-refractivity contribution in [3.05, 3.63) is 57.1 Å². The van der Waals surface area contributed by atoms with Crippen LogP contribution in [0.15, 0.2) is 40.4 Å². The van der Waals surface area contributed by atoms with Gasteiger partial charge in [-0.3, -0.25) is 19.8 Å². The fourth-order valence-corrected chi connectivity index (χ4v) is 3.78. The molecular formula is C21H19BrN2O4S. The lowest BCUT2D eigenvalue weighted by molar-refractivity contribution is -0.122. The number of aryl methyl sites for hydroxylation is 2. The quantitative estimate of drug-likeness (QED) is 0.413. The van der Waals surface area contributed by atoms with Gasteiger partial charge in [0.25, 0.3) is 11.8 Å². The number of nitrogens with one attached hydrogen (secondary N) is 1. The topological polar surface area (TPSA) is 67.9 Å². The first-order valence-electron chi connectivity index (χ1n) is 8.67. The summed E-state index contributed by atoms with van der Waals surface area (Å²) < 4.78 is 11.2. The van der Waals surface area contributed by atoms with Gasteiger partial charge in [-0.05, 0) is 61.5 Å². The van der Waals surface area contributed by atoms with Gasteiger partial charge in [0.15, 0.2) is 16.6 Å². The summed E-state index contributed by atoms with van der Waals surface area (Å²) in [7, 11) is 3.05. The number of ether oxygens (including phenoxy) is 2. The number of methoxy groups -OCH3 is 2. The van der Waals surface area contributed by atoms with Crippen molar-refractivity contribution in [1.82, 2.24) is 5.32 Å². The smallest absolute Gasteiger partial charge is 0.270 e. The predicted octanol–water partition coefficient (Wildman–Crippen LogP) is 3.91. The highest BCUT2D eigenvalue weighted by atomic mass is 79.9. The zero-order chi connectivity index (χ0) is 21.3. The van der Waals surface area contributed by atoms with Gasteiger partial charge in [-0.15, -0.1) is 0 Å². The lowest BCUT2D eigenvalue weighted by atomic mass is 10.0. The third-order valence-electron chi connectivity index (χ3n) is 4.50. The van der Waals surface area contributed by atoms with Crippen LogP contribution in [0.3, 0.4) is 0 Å². The summed E-state index contributed by atoms with van der Waals surface area (Å²) >= 11 is 8.72. The number of carbonyl (C=O) groups excluding carboxylic acids is 2. The first-order valence-corrected chi connectivity index (χ1v) is 9.87. The summed E-state index contributed by atoms with van der Waals surface area (Å²) in [5.74, 6) is -0.0397. The number of anilines is 1. The highest BCUT2D eigenvalue weighted by Crippen LogP contribution is 2.35. The van der Waals surface area contributed by atoms with Crippen LogP contribution in [0, 0.1) is 13.8 Å². The number of rotatable bonds is 4. The molecule has 1 fully saturated rings. The highest BCUT2D eigenvalue weighted by molar-refractivity contribution is 9.10. The van der Waals surface area contributed by atoms with Gasteiger partial charge in [0.05, 0.1) is 19.9 Å². The maximum absolute atomic E-state index is 13.2. The maximum Gasteiger partial charge on any atom is 0.270 e. The highest BCUT2D eigenvalue weighted by Gasteiger charge is 2.35. The first kappa shape index (κ1) is 21.0. The molecule has 29 heavy (non-hydrogen) atoms. The van der Waals surface area contributed by atoms with Gasteiger partial charge in [-0.2, -0.15) is 0 Å². The van der Waals surface area contributed by atoms with Gasteiger partial charge in [0.1, 0.15) is 5.57 Å². The van der Waals surface area contributed by atoms with Crippen LogP contribution in [0.25, 0.3) is 6.08 Å². The standard InChI is InChI=1S/C21H19BrN2O4S/c1-11-5-6-16(12(2)7-11)24-20(26)14(19(25)23-21(24)29)8-13-9-17(27-3)18(28-4)10-15(13)22/h5-10H,1-4H3,(H,23,25,29)/b14-8+. The maximum atomic E-state index is 13.2. The summed E-state index contributed by atoms with van der Waals surface area (Å²) in [6.45, 7) is 3.86. The molecular weight excluding hydrogens is 456 g/mol. The Hall–Kier alpha value is -2.71. The van der Waals surface area contributed by atoms with Crippen LogP contribution in [-0.2, 0) is 9.59 Å². The minimum absolute atomic E-state index is 0.0357. The van der Waals surface area contributed by atoms with Crippen molar-refractivity contribution in [2.75, 3.05) is 19.1 Å². The number of thiocarbonyl (C=S) groups is 1. The molecule has 1 heterocycles. The number of hydrogen-bond donors (Lipinski definition) is 1.